The van der Waals surface area contributed by atoms with Crippen molar-refractivity contribution in [3.05, 3.63) is 5.01 Å². The summed E-state index contributed by atoms with van der Waals surface area (Å²) < 4.78 is 0. The van der Waals surface area contributed by atoms with E-state index in [1.807, 2.05) is 6.92 Å². The summed E-state index contributed by atoms with van der Waals surface area (Å²) in [5, 5.41) is 14.6. The highest BCUT2D eigenvalue weighted by Crippen LogP contribution is 2.14. The van der Waals surface area contributed by atoms with Crippen LogP contribution < -0.4 is 10.6 Å². The zero-order chi connectivity index (χ0) is 11.8. The largest absolute Gasteiger partial charge is 0.360 e. The van der Waals surface area contributed by atoms with Crippen LogP contribution >= 0.6 is 23.1 Å². The number of hydrogen-bond acceptors (Lipinski definition) is 6. The van der Waals surface area contributed by atoms with Gasteiger partial charge in [0.05, 0.1) is 0 Å². The zero-order valence-electron chi connectivity index (χ0n) is 9.45. The lowest BCUT2D eigenvalue weighted by atomic mass is 10.4. The van der Waals surface area contributed by atoms with Gasteiger partial charge in [0.2, 0.25) is 10.1 Å². The van der Waals surface area contributed by atoms with E-state index in [9.17, 15) is 4.79 Å². The molecule has 0 radical (unpaired) electrons. The Kier molecular flexibility index (Phi) is 6.17. The first-order chi connectivity index (χ1) is 7.77. The zero-order valence-corrected chi connectivity index (χ0v) is 11.1. The van der Waals surface area contributed by atoms with E-state index >= 15 is 0 Å². The summed E-state index contributed by atoms with van der Waals surface area (Å²) in [6.07, 6.45) is 3.03. The average Bonchev–Trinajstić information content (AvgIpc) is 2.73. The van der Waals surface area contributed by atoms with Crippen molar-refractivity contribution in [3.63, 3.8) is 0 Å². The van der Waals surface area contributed by atoms with Gasteiger partial charge in [-0.1, -0.05) is 11.3 Å². The van der Waals surface area contributed by atoms with Crippen molar-refractivity contribution in [1.82, 2.24) is 15.5 Å². The van der Waals surface area contributed by atoms with Gasteiger partial charge < -0.3 is 10.6 Å². The topological polar surface area (TPSA) is 66.9 Å². The summed E-state index contributed by atoms with van der Waals surface area (Å²) in [6, 6.07) is 0. The molecule has 5 nitrogen and oxygen atoms in total. The van der Waals surface area contributed by atoms with Crippen LogP contribution in [0.25, 0.3) is 0 Å². The number of carbonyl (C=O) groups excluding carboxylic acids is 1. The second-order valence-electron chi connectivity index (χ2n) is 3.04. The molecule has 0 unspecified atom stereocenters. The van der Waals surface area contributed by atoms with Crippen LogP contribution in [0.1, 0.15) is 23.1 Å². The van der Waals surface area contributed by atoms with E-state index in [2.05, 4.69) is 27.1 Å². The maximum Gasteiger partial charge on any atom is 0.282 e. The molecule has 0 aliphatic heterocycles. The van der Waals surface area contributed by atoms with Crippen molar-refractivity contribution in [3.8, 4) is 0 Å². The quantitative estimate of drug-likeness (QED) is 0.726. The van der Waals surface area contributed by atoms with Gasteiger partial charge in [-0.15, -0.1) is 10.2 Å². The Labute approximate surface area is 103 Å². The van der Waals surface area contributed by atoms with Gasteiger partial charge in [-0.05, 0) is 25.4 Å². The van der Waals surface area contributed by atoms with Crippen LogP contribution in [0.3, 0.4) is 0 Å². The lowest BCUT2D eigenvalue weighted by Gasteiger charge is -2.00. The first-order valence-corrected chi connectivity index (χ1v) is 7.33. The van der Waals surface area contributed by atoms with Crippen LogP contribution in [0.15, 0.2) is 0 Å². The molecule has 7 heteroatoms. The molecule has 0 saturated carbocycles. The summed E-state index contributed by atoms with van der Waals surface area (Å²) in [7, 11) is 0. The molecule has 0 bridgehead atoms. The van der Waals surface area contributed by atoms with Gasteiger partial charge in [0, 0.05) is 13.1 Å². The summed E-state index contributed by atoms with van der Waals surface area (Å²) in [5.74, 6) is 0.918. The van der Waals surface area contributed by atoms with Crippen LogP contribution in [-0.4, -0.2) is 41.2 Å². The summed E-state index contributed by atoms with van der Waals surface area (Å²) in [4.78, 5) is 11.6. The van der Waals surface area contributed by atoms with Crippen molar-refractivity contribution in [2.24, 2.45) is 0 Å². The van der Waals surface area contributed by atoms with Gasteiger partial charge in [-0.25, -0.2) is 0 Å². The van der Waals surface area contributed by atoms with E-state index in [0.717, 1.165) is 18.7 Å². The Bertz CT molecular complexity index is 329. The van der Waals surface area contributed by atoms with Gasteiger partial charge in [0.25, 0.3) is 5.91 Å². The van der Waals surface area contributed by atoms with Crippen molar-refractivity contribution in [2.75, 3.05) is 30.4 Å². The van der Waals surface area contributed by atoms with Crippen LogP contribution in [0, 0.1) is 0 Å². The monoisotopic (exact) mass is 260 g/mol. The van der Waals surface area contributed by atoms with Gasteiger partial charge >= 0.3 is 0 Å². The molecule has 1 amide bonds. The molecule has 1 aromatic heterocycles. The fourth-order valence-corrected chi connectivity index (χ4v) is 2.19. The molecule has 0 aromatic carbocycles. The molecule has 0 fully saturated rings. The van der Waals surface area contributed by atoms with Crippen molar-refractivity contribution < 1.29 is 4.79 Å². The molecule has 16 heavy (non-hydrogen) atoms. The number of nitrogens with zero attached hydrogens (tertiary/aromatic N) is 2. The highest BCUT2D eigenvalue weighted by atomic mass is 32.2. The average molecular weight is 260 g/mol. The number of hydrogen-bond donors (Lipinski definition) is 2. The van der Waals surface area contributed by atoms with Crippen LogP contribution in [-0.2, 0) is 0 Å². The highest BCUT2D eigenvalue weighted by Gasteiger charge is 2.11. The van der Waals surface area contributed by atoms with E-state index in [4.69, 9.17) is 0 Å². The van der Waals surface area contributed by atoms with E-state index in [0.29, 0.717) is 16.7 Å². The molecule has 0 atom stereocenters. The predicted octanol–water partition coefficient (Wildman–Crippen LogP) is 1.45. The maximum atomic E-state index is 11.6. The fraction of sp³-hybridized carbons (Fsp3) is 0.667. The summed E-state index contributed by atoms with van der Waals surface area (Å²) in [6.45, 7) is 3.45. The molecule has 0 aliphatic carbocycles. The standard InChI is InChI=1S/C9H16N4OS2/c1-3-10-9-13-12-8(16-9)7(14)11-5-4-6-15-2/h3-6H2,1-2H3,(H,10,13)(H,11,14). The number of nitrogens with one attached hydrogen (secondary N) is 2. The molecule has 2 N–H and O–H groups in total. The normalized spacial score (nSPS) is 10.1. The van der Waals surface area contributed by atoms with Crippen molar-refractivity contribution >= 4 is 34.1 Å². The van der Waals surface area contributed by atoms with E-state index in [1.54, 1.807) is 11.8 Å². The Hall–Kier alpha value is -0.820. The number of anilines is 1. The van der Waals surface area contributed by atoms with Gasteiger partial charge in [0.1, 0.15) is 0 Å². The van der Waals surface area contributed by atoms with E-state index in [1.165, 1.54) is 11.3 Å². The van der Waals surface area contributed by atoms with Crippen LogP contribution in [0.4, 0.5) is 5.13 Å². The molecular formula is C9H16N4OS2. The second kappa shape index (κ2) is 7.45. The van der Waals surface area contributed by atoms with Gasteiger partial charge in [-0.3, -0.25) is 4.79 Å². The first kappa shape index (κ1) is 13.2. The molecule has 0 saturated heterocycles. The highest BCUT2D eigenvalue weighted by molar-refractivity contribution is 7.98. The molecular weight excluding hydrogens is 244 g/mol. The van der Waals surface area contributed by atoms with Gasteiger partial charge in [0.15, 0.2) is 0 Å². The third-order valence-electron chi connectivity index (χ3n) is 1.76. The predicted molar refractivity (Wildman–Crippen MR) is 69.4 cm³/mol. The Morgan fingerprint density at radius 1 is 1.50 bits per heavy atom. The van der Waals surface area contributed by atoms with Crippen molar-refractivity contribution in [1.29, 1.82) is 0 Å². The van der Waals surface area contributed by atoms with E-state index in [-0.39, 0.29) is 5.91 Å². The lowest BCUT2D eigenvalue weighted by Crippen LogP contribution is -2.24. The minimum atomic E-state index is -0.136. The minimum Gasteiger partial charge on any atom is -0.360 e. The molecule has 1 heterocycles. The fourth-order valence-electron chi connectivity index (χ4n) is 1.03. The van der Waals surface area contributed by atoms with E-state index < -0.39 is 0 Å². The lowest BCUT2D eigenvalue weighted by molar-refractivity contribution is 0.0952. The Balaban J connectivity index is 2.34. The third kappa shape index (κ3) is 4.36. The summed E-state index contributed by atoms with van der Waals surface area (Å²) in [5.41, 5.74) is 0. The number of thioether (sulfide) groups is 1. The molecule has 0 spiro atoms. The Morgan fingerprint density at radius 3 is 3.00 bits per heavy atom. The number of rotatable bonds is 7. The number of carbonyl (C=O) groups is 1. The molecule has 0 aliphatic rings. The third-order valence-corrected chi connectivity index (χ3v) is 3.33. The molecule has 1 rings (SSSR count). The van der Waals surface area contributed by atoms with Gasteiger partial charge in [-0.2, -0.15) is 11.8 Å². The first-order valence-electron chi connectivity index (χ1n) is 5.12. The number of aromatic nitrogens is 2. The maximum absolute atomic E-state index is 11.6. The SMILES string of the molecule is CCNc1nnc(C(=O)NCCCSC)s1. The minimum absolute atomic E-state index is 0.136. The second-order valence-corrected chi connectivity index (χ2v) is 5.01. The van der Waals surface area contributed by atoms with Crippen LogP contribution in [0.5, 0.6) is 0 Å². The Morgan fingerprint density at radius 2 is 2.31 bits per heavy atom. The molecule has 1 aromatic rings. The van der Waals surface area contributed by atoms with Crippen molar-refractivity contribution in [2.45, 2.75) is 13.3 Å². The molecule has 90 valence electrons. The smallest absolute Gasteiger partial charge is 0.282 e. The number of amides is 1. The van der Waals surface area contributed by atoms with Crippen LogP contribution in [0.2, 0.25) is 0 Å². The summed E-state index contributed by atoms with van der Waals surface area (Å²) >= 11 is 3.05.